The van der Waals surface area contributed by atoms with E-state index in [1.165, 1.54) is 7.11 Å². The molecule has 0 aliphatic heterocycles. The lowest BCUT2D eigenvalue weighted by atomic mass is 10.0. The van der Waals surface area contributed by atoms with E-state index in [-0.39, 0.29) is 12.4 Å². The van der Waals surface area contributed by atoms with Crippen LogP contribution in [0.3, 0.4) is 0 Å². The number of hydrogen-bond acceptors (Lipinski definition) is 4. The smallest absolute Gasteiger partial charge is 0.315 e. The number of carbonyl (C=O) groups is 1. The van der Waals surface area contributed by atoms with Crippen molar-refractivity contribution in [3.8, 4) is 17.6 Å². The predicted octanol–water partition coefficient (Wildman–Crippen LogP) is 5.56. The molecule has 0 atom stereocenters. The average Bonchev–Trinajstić information content (AvgIpc) is 2.74. The Hall–Kier alpha value is -3.55. The maximum atomic E-state index is 12.2. The van der Waals surface area contributed by atoms with Gasteiger partial charge in [-0.2, -0.15) is 5.26 Å². The number of benzene rings is 3. The Morgan fingerprint density at radius 3 is 2.41 bits per heavy atom. The van der Waals surface area contributed by atoms with Gasteiger partial charge in [-0.15, -0.1) is 0 Å². The first-order valence-corrected chi connectivity index (χ1v) is 9.27. The molecule has 0 spiro atoms. The lowest BCUT2D eigenvalue weighted by Gasteiger charge is -2.10. The van der Waals surface area contributed by atoms with Gasteiger partial charge >= 0.3 is 5.97 Å². The number of halogens is 1. The van der Waals surface area contributed by atoms with E-state index in [1.807, 2.05) is 30.3 Å². The highest BCUT2D eigenvalue weighted by Gasteiger charge is 2.12. The SMILES string of the molecule is COc1cc(/C=C(\C#N)c2ccc(Cl)cc2)ccc1OC(=O)Cc1ccccc1. The molecule has 0 heterocycles. The van der Waals surface area contributed by atoms with Crippen LogP contribution in [0.15, 0.2) is 72.8 Å². The van der Waals surface area contributed by atoms with Crippen molar-refractivity contribution >= 4 is 29.2 Å². The van der Waals surface area contributed by atoms with E-state index in [2.05, 4.69) is 6.07 Å². The maximum Gasteiger partial charge on any atom is 0.315 e. The van der Waals surface area contributed by atoms with E-state index in [0.29, 0.717) is 22.1 Å². The van der Waals surface area contributed by atoms with Gasteiger partial charge in [0.15, 0.2) is 11.5 Å². The first-order chi connectivity index (χ1) is 14.1. The van der Waals surface area contributed by atoms with Crippen molar-refractivity contribution in [3.05, 3.63) is 94.5 Å². The molecule has 0 amide bonds. The van der Waals surface area contributed by atoms with Crippen LogP contribution < -0.4 is 9.47 Å². The summed E-state index contributed by atoms with van der Waals surface area (Å²) in [5, 5.41) is 10.1. The van der Waals surface area contributed by atoms with Crippen LogP contribution in [0.1, 0.15) is 16.7 Å². The monoisotopic (exact) mass is 403 g/mol. The lowest BCUT2D eigenvalue weighted by molar-refractivity contribution is -0.133. The summed E-state index contributed by atoms with van der Waals surface area (Å²) in [6, 6.07) is 23.7. The predicted molar refractivity (Wildman–Crippen MR) is 114 cm³/mol. The summed E-state index contributed by atoms with van der Waals surface area (Å²) < 4.78 is 10.8. The molecule has 0 radical (unpaired) electrons. The highest BCUT2D eigenvalue weighted by Crippen LogP contribution is 2.30. The van der Waals surface area contributed by atoms with Crippen molar-refractivity contribution in [1.82, 2.24) is 0 Å². The van der Waals surface area contributed by atoms with Crippen molar-refractivity contribution in [3.63, 3.8) is 0 Å². The number of allylic oxidation sites excluding steroid dienone is 1. The molecule has 0 aliphatic rings. The van der Waals surface area contributed by atoms with Crippen LogP contribution in [0.2, 0.25) is 5.02 Å². The fourth-order valence-corrected chi connectivity index (χ4v) is 2.88. The number of nitriles is 1. The summed E-state index contributed by atoms with van der Waals surface area (Å²) in [5.41, 5.74) is 2.86. The quantitative estimate of drug-likeness (QED) is 0.234. The van der Waals surface area contributed by atoms with Gasteiger partial charge < -0.3 is 9.47 Å². The lowest BCUT2D eigenvalue weighted by Crippen LogP contribution is -2.11. The van der Waals surface area contributed by atoms with E-state index in [1.54, 1.807) is 48.5 Å². The molecular formula is C24H18ClNO3. The topological polar surface area (TPSA) is 59.3 Å². The largest absolute Gasteiger partial charge is 0.493 e. The van der Waals surface area contributed by atoms with E-state index in [0.717, 1.165) is 16.7 Å². The summed E-state index contributed by atoms with van der Waals surface area (Å²) >= 11 is 5.91. The van der Waals surface area contributed by atoms with E-state index in [9.17, 15) is 10.1 Å². The molecule has 0 aromatic heterocycles. The molecular weight excluding hydrogens is 386 g/mol. The Labute approximate surface area is 174 Å². The van der Waals surface area contributed by atoms with Crippen LogP contribution in [-0.4, -0.2) is 13.1 Å². The zero-order chi connectivity index (χ0) is 20.6. The second kappa shape index (κ2) is 9.59. The van der Waals surface area contributed by atoms with Crippen molar-refractivity contribution < 1.29 is 14.3 Å². The fourth-order valence-electron chi connectivity index (χ4n) is 2.76. The fraction of sp³-hybridized carbons (Fsp3) is 0.0833. The number of ether oxygens (including phenoxy) is 2. The van der Waals surface area contributed by atoms with Gasteiger partial charge in [0, 0.05) is 5.02 Å². The Kier molecular flexibility index (Phi) is 6.67. The van der Waals surface area contributed by atoms with Gasteiger partial charge in [-0.05, 0) is 47.0 Å². The van der Waals surface area contributed by atoms with Gasteiger partial charge in [0.1, 0.15) is 0 Å². The molecule has 3 aromatic carbocycles. The molecule has 29 heavy (non-hydrogen) atoms. The number of rotatable bonds is 6. The zero-order valence-corrected chi connectivity index (χ0v) is 16.5. The van der Waals surface area contributed by atoms with Crippen molar-refractivity contribution in [2.75, 3.05) is 7.11 Å². The van der Waals surface area contributed by atoms with Crippen LogP contribution >= 0.6 is 11.6 Å². The minimum Gasteiger partial charge on any atom is -0.493 e. The van der Waals surface area contributed by atoms with Gasteiger partial charge in [-0.1, -0.05) is 60.1 Å². The third-order valence-corrected chi connectivity index (χ3v) is 4.44. The Balaban J connectivity index is 1.80. The average molecular weight is 404 g/mol. The molecule has 0 saturated heterocycles. The maximum absolute atomic E-state index is 12.2. The first-order valence-electron chi connectivity index (χ1n) is 8.89. The van der Waals surface area contributed by atoms with Crippen LogP contribution in [0.5, 0.6) is 11.5 Å². The highest BCUT2D eigenvalue weighted by atomic mass is 35.5. The van der Waals surface area contributed by atoms with Gasteiger partial charge in [0.05, 0.1) is 25.2 Å². The number of carbonyl (C=O) groups excluding carboxylic acids is 1. The minimum atomic E-state index is -0.378. The van der Waals surface area contributed by atoms with Crippen molar-refractivity contribution in [2.45, 2.75) is 6.42 Å². The molecule has 0 aliphatic carbocycles. The standard InChI is InChI=1S/C24H18ClNO3/c1-28-23-14-18(13-20(16-26)19-8-10-21(25)11-9-19)7-12-22(23)29-24(27)15-17-5-3-2-4-6-17/h2-14H,15H2,1H3/b20-13+. The molecule has 5 heteroatoms. The molecule has 0 unspecified atom stereocenters. The Morgan fingerprint density at radius 1 is 1.03 bits per heavy atom. The number of methoxy groups -OCH3 is 1. The van der Waals surface area contributed by atoms with Crippen molar-refractivity contribution in [2.24, 2.45) is 0 Å². The summed E-state index contributed by atoms with van der Waals surface area (Å²) in [7, 11) is 1.50. The molecule has 144 valence electrons. The first kappa shape index (κ1) is 20.2. The van der Waals surface area contributed by atoms with E-state index in [4.69, 9.17) is 21.1 Å². The Bertz CT molecular complexity index is 1070. The molecule has 3 aromatic rings. The number of hydrogen-bond donors (Lipinski definition) is 0. The van der Waals surface area contributed by atoms with E-state index >= 15 is 0 Å². The van der Waals surface area contributed by atoms with Gasteiger partial charge in [0.2, 0.25) is 0 Å². The van der Waals surface area contributed by atoms with Gasteiger partial charge in [-0.3, -0.25) is 4.79 Å². The second-order valence-electron chi connectivity index (χ2n) is 6.22. The molecule has 0 saturated carbocycles. The highest BCUT2D eigenvalue weighted by molar-refractivity contribution is 6.30. The molecule has 0 bridgehead atoms. The molecule has 0 fully saturated rings. The minimum absolute atomic E-state index is 0.167. The molecule has 4 nitrogen and oxygen atoms in total. The van der Waals surface area contributed by atoms with E-state index < -0.39 is 0 Å². The van der Waals surface area contributed by atoms with Crippen molar-refractivity contribution in [1.29, 1.82) is 5.26 Å². The third kappa shape index (κ3) is 5.47. The number of nitrogens with zero attached hydrogens (tertiary/aromatic N) is 1. The molecule has 0 N–H and O–H groups in total. The number of esters is 1. The summed E-state index contributed by atoms with van der Waals surface area (Å²) in [5.74, 6) is 0.362. The summed E-state index contributed by atoms with van der Waals surface area (Å²) in [6.45, 7) is 0. The normalized spacial score (nSPS) is 10.9. The van der Waals surface area contributed by atoms with Gasteiger partial charge in [0.25, 0.3) is 0 Å². The van der Waals surface area contributed by atoms with Crippen LogP contribution in [0, 0.1) is 11.3 Å². The van der Waals surface area contributed by atoms with Crippen LogP contribution in [-0.2, 0) is 11.2 Å². The zero-order valence-electron chi connectivity index (χ0n) is 15.8. The summed E-state index contributed by atoms with van der Waals surface area (Å²) in [4.78, 5) is 12.2. The van der Waals surface area contributed by atoms with Crippen LogP contribution in [0.25, 0.3) is 11.6 Å². The summed E-state index contributed by atoms with van der Waals surface area (Å²) in [6.07, 6.45) is 1.90. The van der Waals surface area contributed by atoms with Gasteiger partial charge in [-0.25, -0.2) is 0 Å². The second-order valence-corrected chi connectivity index (χ2v) is 6.66. The Morgan fingerprint density at radius 2 is 1.76 bits per heavy atom. The molecule has 3 rings (SSSR count). The third-order valence-electron chi connectivity index (χ3n) is 4.19. The van der Waals surface area contributed by atoms with Crippen LogP contribution in [0.4, 0.5) is 0 Å².